The van der Waals surface area contributed by atoms with E-state index in [1.165, 1.54) is 6.92 Å². The van der Waals surface area contributed by atoms with E-state index >= 15 is 0 Å². The quantitative estimate of drug-likeness (QED) is 0.824. The third kappa shape index (κ3) is 2.42. The van der Waals surface area contributed by atoms with Gasteiger partial charge in [0.25, 0.3) is 0 Å². The van der Waals surface area contributed by atoms with Crippen molar-refractivity contribution in [1.82, 2.24) is 0 Å². The van der Waals surface area contributed by atoms with E-state index in [-0.39, 0.29) is 40.9 Å². The highest BCUT2D eigenvalue weighted by molar-refractivity contribution is 6.18. The maximum atomic E-state index is 13.1. The van der Waals surface area contributed by atoms with E-state index in [0.29, 0.717) is 35.1 Å². The van der Waals surface area contributed by atoms with Gasteiger partial charge in [-0.25, -0.2) is 0 Å². The monoisotopic (exact) mass is 354 g/mol. The summed E-state index contributed by atoms with van der Waals surface area (Å²) in [6.07, 6.45) is 1.49. The number of benzene rings is 1. The van der Waals surface area contributed by atoms with Crippen LogP contribution in [0.25, 0.3) is 0 Å². The number of ether oxygens (including phenoxy) is 1. The maximum Gasteiger partial charge on any atom is 0.192 e. The zero-order chi connectivity index (χ0) is 18.6. The number of methoxy groups -OCH3 is 1. The zero-order valence-corrected chi connectivity index (χ0v) is 15.0. The lowest BCUT2D eigenvalue weighted by Crippen LogP contribution is -2.51. The molecule has 1 saturated carbocycles. The SMILES string of the molecule is COC1CCCC2C(=O)C3=C(C(=O)c4ccc(C(C)=O)cc4C3)C(O)C12. The fraction of sp³-hybridized carbons (Fsp3) is 0.476. The highest BCUT2D eigenvalue weighted by atomic mass is 16.5. The van der Waals surface area contributed by atoms with E-state index < -0.39 is 6.10 Å². The lowest BCUT2D eigenvalue weighted by molar-refractivity contribution is -0.132. The lowest BCUT2D eigenvalue weighted by Gasteiger charge is -2.44. The molecule has 0 aromatic heterocycles. The molecule has 0 radical (unpaired) electrons. The molecule has 1 N–H and O–H groups in total. The summed E-state index contributed by atoms with van der Waals surface area (Å²) in [4.78, 5) is 37.8. The Labute approximate surface area is 152 Å². The summed E-state index contributed by atoms with van der Waals surface area (Å²) in [5.74, 6) is -1.07. The molecule has 4 rings (SSSR count). The summed E-state index contributed by atoms with van der Waals surface area (Å²) in [5.41, 5.74) is 2.36. The Hall–Kier alpha value is -2.11. The van der Waals surface area contributed by atoms with Crippen LogP contribution in [0, 0.1) is 11.8 Å². The van der Waals surface area contributed by atoms with Gasteiger partial charge in [0.15, 0.2) is 17.3 Å². The second kappa shape index (κ2) is 6.25. The minimum atomic E-state index is -0.980. The first-order valence-corrected chi connectivity index (χ1v) is 9.10. The molecule has 1 aromatic carbocycles. The number of carbonyl (C=O) groups excluding carboxylic acids is 3. The Morgan fingerprint density at radius 1 is 1.23 bits per heavy atom. The Bertz CT molecular complexity index is 850. The first kappa shape index (κ1) is 17.3. The molecule has 1 fully saturated rings. The van der Waals surface area contributed by atoms with Crippen molar-refractivity contribution in [3.8, 4) is 0 Å². The number of fused-ring (bicyclic) bond motifs is 2. The Morgan fingerprint density at radius 2 is 2.00 bits per heavy atom. The van der Waals surface area contributed by atoms with Crippen LogP contribution in [0.4, 0.5) is 0 Å². The molecular formula is C21H22O5. The average molecular weight is 354 g/mol. The van der Waals surface area contributed by atoms with Gasteiger partial charge in [-0.3, -0.25) is 14.4 Å². The molecule has 0 saturated heterocycles. The second-order valence-electron chi connectivity index (χ2n) is 7.52. The number of ketones is 3. The van der Waals surface area contributed by atoms with Crippen LogP contribution in [0.15, 0.2) is 29.3 Å². The molecule has 4 atom stereocenters. The molecule has 0 amide bonds. The lowest BCUT2D eigenvalue weighted by atomic mass is 9.62. The number of carbonyl (C=O) groups is 3. The van der Waals surface area contributed by atoms with Crippen LogP contribution in [-0.2, 0) is 16.0 Å². The van der Waals surface area contributed by atoms with Crippen molar-refractivity contribution < 1.29 is 24.2 Å². The summed E-state index contributed by atoms with van der Waals surface area (Å²) in [7, 11) is 1.59. The van der Waals surface area contributed by atoms with Gasteiger partial charge in [-0.2, -0.15) is 0 Å². The molecule has 136 valence electrons. The number of aliphatic hydroxyl groups excluding tert-OH is 1. The highest BCUT2D eigenvalue weighted by Crippen LogP contribution is 2.45. The molecule has 3 aliphatic carbocycles. The van der Waals surface area contributed by atoms with Crippen LogP contribution in [0.1, 0.15) is 52.5 Å². The molecule has 0 bridgehead atoms. The van der Waals surface area contributed by atoms with E-state index in [1.807, 2.05) is 0 Å². The fourth-order valence-corrected chi connectivity index (χ4v) is 4.88. The Balaban J connectivity index is 1.80. The van der Waals surface area contributed by atoms with Crippen molar-refractivity contribution in [1.29, 1.82) is 0 Å². The largest absolute Gasteiger partial charge is 0.388 e. The zero-order valence-electron chi connectivity index (χ0n) is 15.0. The summed E-state index contributed by atoms with van der Waals surface area (Å²) in [6.45, 7) is 1.48. The van der Waals surface area contributed by atoms with E-state index in [2.05, 4.69) is 0 Å². The second-order valence-corrected chi connectivity index (χ2v) is 7.52. The normalized spacial score (nSPS) is 30.6. The minimum absolute atomic E-state index is 0.0377. The van der Waals surface area contributed by atoms with Gasteiger partial charge in [-0.15, -0.1) is 0 Å². The molecule has 1 aromatic rings. The van der Waals surface area contributed by atoms with E-state index in [0.717, 1.165) is 12.8 Å². The van der Waals surface area contributed by atoms with E-state index in [9.17, 15) is 19.5 Å². The van der Waals surface area contributed by atoms with Crippen LogP contribution in [0.2, 0.25) is 0 Å². The summed E-state index contributed by atoms with van der Waals surface area (Å²) in [6, 6.07) is 4.96. The minimum Gasteiger partial charge on any atom is -0.388 e. The van der Waals surface area contributed by atoms with Crippen molar-refractivity contribution >= 4 is 17.3 Å². The van der Waals surface area contributed by atoms with Gasteiger partial charge in [0.1, 0.15) is 0 Å². The first-order chi connectivity index (χ1) is 12.4. The fourth-order valence-electron chi connectivity index (χ4n) is 4.88. The number of allylic oxidation sites excluding steroid dienone is 1. The molecule has 0 aliphatic heterocycles. The predicted octanol–water partition coefficient (Wildman–Crippen LogP) is 2.30. The van der Waals surface area contributed by atoms with Crippen molar-refractivity contribution in [2.24, 2.45) is 11.8 Å². The van der Waals surface area contributed by atoms with Crippen LogP contribution in [0.3, 0.4) is 0 Å². The standard InChI is InChI=1S/C21H22O5/c1-10(22)11-6-7-13-12(8-11)9-15-18(20(13)24)21(25)17-14(19(15)23)4-3-5-16(17)26-2/h6-8,14,16-17,21,25H,3-5,9H2,1-2H3. The molecular weight excluding hydrogens is 332 g/mol. The van der Waals surface area contributed by atoms with Crippen molar-refractivity contribution in [2.75, 3.05) is 7.11 Å². The number of hydrogen-bond acceptors (Lipinski definition) is 5. The van der Waals surface area contributed by atoms with Crippen molar-refractivity contribution in [3.05, 3.63) is 46.0 Å². The third-order valence-corrected chi connectivity index (χ3v) is 6.19. The molecule has 26 heavy (non-hydrogen) atoms. The average Bonchev–Trinajstić information content (AvgIpc) is 2.64. The van der Waals surface area contributed by atoms with Crippen molar-refractivity contribution in [3.63, 3.8) is 0 Å². The van der Waals surface area contributed by atoms with Gasteiger partial charge in [0, 0.05) is 47.6 Å². The van der Waals surface area contributed by atoms with E-state index in [4.69, 9.17) is 4.74 Å². The smallest absolute Gasteiger partial charge is 0.192 e. The highest BCUT2D eigenvalue weighted by Gasteiger charge is 2.51. The third-order valence-electron chi connectivity index (χ3n) is 6.19. The van der Waals surface area contributed by atoms with Gasteiger partial charge >= 0.3 is 0 Å². The number of hydrogen-bond donors (Lipinski definition) is 1. The van der Waals surface area contributed by atoms with Gasteiger partial charge < -0.3 is 9.84 Å². The van der Waals surface area contributed by atoms with Crippen LogP contribution in [-0.4, -0.2) is 41.8 Å². The van der Waals surface area contributed by atoms with Gasteiger partial charge in [-0.1, -0.05) is 18.6 Å². The van der Waals surface area contributed by atoms with E-state index in [1.54, 1.807) is 25.3 Å². The topological polar surface area (TPSA) is 80.7 Å². The summed E-state index contributed by atoms with van der Waals surface area (Å²) >= 11 is 0. The van der Waals surface area contributed by atoms with Crippen LogP contribution < -0.4 is 0 Å². The maximum absolute atomic E-state index is 13.1. The molecule has 5 heteroatoms. The van der Waals surface area contributed by atoms with Gasteiger partial charge in [0.05, 0.1) is 12.2 Å². The predicted molar refractivity (Wildman–Crippen MR) is 94.1 cm³/mol. The molecule has 3 aliphatic rings. The van der Waals surface area contributed by atoms with Gasteiger partial charge in [-0.05, 0) is 31.4 Å². The molecule has 0 heterocycles. The molecule has 0 spiro atoms. The summed E-state index contributed by atoms with van der Waals surface area (Å²) < 4.78 is 5.52. The first-order valence-electron chi connectivity index (χ1n) is 9.10. The van der Waals surface area contributed by atoms with Gasteiger partial charge in [0.2, 0.25) is 0 Å². The Morgan fingerprint density at radius 3 is 2.69 bits per heavy atom. The molecule has 5 nitrogen and oxygen atoms in total. The summed E-state index contributed by atoms with van der Waals surface area (Å²) in [5, 5.41) is 11.0. The number of aliphatic hydroxyl groups is 1. The van der Waals surface area contributed by atoms with Crippen LogP contribution in [0.5, 0.6) is 0 Å². The Kier molecular flexibility index (Phi) is 4.16. The van der Waals surface area contributed by atoms with Crippen LogP contribution >= 0.6 is 0 Å². The number of Topliss-reactive ketones (excluding diaryl/α,β-unsaturated/α-hetero) is 3. The van der Waals surface area contributed by atoms with Crippen molar-refractivity contribution in [2.45, 2.75) is 44.8 Å². The number of rotatable bonds is 2. The molecule has 4 unspecified atom stereocenters.